The van der Waals surface area contributed by atoms with Gasteiger partial charge in [-0.15, -0.1) is 0 Å². The van der Waals surface area contributed by atoms with Gasteiger partial charge in [-0.1, -0.05) is 0 Å². The van der Waals surface area contributed by atoms with Crippen LogP contribution in [0.2, 0.25) is 0 Å². The van der Waals surface area contributed by atoms with Crippen molar-refractivity contribution in [2.24, 2.45) is 0 Å². The van der Waals surface area contributed by atoms with Gasteiger partial charge >= 0.3 is 0 Å². The second-order valence-corrected chi connectivity index (χ2v) is 6.68. The summed E-state index contributed by atoms with van der Waals surface area (Å²) in [5.74, 6) is -0.251. The smallest absolute Gasteiger partial charge is 0.286 e. The standard InChI is InChI=1S/C19H25FN2O3/c1-13(21-19(24)18-4-2-3-11-25-18)16-12-14(20)5-6-17(16)22-9-7-15(23)8-10-22/h4-6,12-13,15,23H,2-3,7-11H2,1H3,(H,21,24)/t13-/m1/s1. The van der Waals surface area contributed by atoms with E-state index < -0.39 is 0 Å². The fourth-order valence-electron chi connectivity index (χ4n) is 3.33. The zero-order valence-corrected chi connectivity index (χ0v) is 14.5. The fourth-order valence-corrected chi connectivity index (χ4v) is 3.33. The maximum Gasteiger partial charge on any atom is 0.286 e. The molecule has 6 heteroatoms. The van der Waals surface area contributed by atoms with Crippen LogP contribution >= 0.6 is 0 Å². The molecule has 2 aliphatic rings. The van der Waals surface area contributed by atoms with E-state index in [4.69, 9.17) is 4.74 Å². The first-order valence-electron chi connectivity index (χ1n) is 8.91. The number of allylic oxidation sites excluding steroid dienone is 1. The number of hydrogen-bond acceptors (Lipinski definition) is 4. The van der Waals surface area contributed by atoms with Gasteiger partial charge < -0.3 is 20.1 Å². The highest BCUT2D eigenvalue weighted by atomic mass is 19.1. The van der Waals surface area contributed by atoms with Crippen LogP contribution in [0.15, 0.2) is 30.0 Å². The lowest BCUT2D eigenvalue weighted by Crippen LogP contribution is -2.37. The van der Waals surface area contributed by atoms with Crippen molar-refractivity contribution in [2.75, 3.05) is 24.6 Å². The van der Waals surface area contributed by atoms with Crippen molar-refractivity contribution >= 4 is 11.6 Å². The van der Waals surface area contributed by atoms with Crippen molar-refractivity contribution in [2.45, 2.75) is 44.8 Å². The second-order valence-electron chi connectivity index (χ2n) is 6.68. The zero-order valence-electron chi connectivity index (χ0n) is 14.5. The minimum absolute atomic E-state index is 0.267. The Hall–Kier alpha value is -2.08. The first-order chi connectivity index (χ1) is 12.0. The normalized spacial score (nSPS) is 19.8. The van der Waals surface area contributed by atoms with Crippen molar-refractivity contribution < 1.29 is 19.0 Å². The maximum absolute atomic E-state index is 13.8. The topological polar surface area (TPSA) is 61.8 Å². The molecular weight excluding hydrogens is 323 g/mol. The highest BCUT2D eigenvalue weighted by Crippen LogP contribution is 2.30. The molecule has 1 aromatic rings. The molecule has 1 atom stereocenters. The number of carbonyl (C=O) groups excluding carboxylic acids is 1. The van der Waals surface area contributed by atoms with Gasteiger partial charge in [-0.05, 0) is 56.9 Å². The third kappa shape index (κ3) is 4.31. The molecule has 136 valence electrons. The summed E-state index contributed by atoms with van der Waals surface area (Å²) in [5.41, 5.74) is 1.64. The number of aliphatic hydroxyl groups excluding tert-OH is 1. The van der Waals surface area contributed by atoms with Crippen LogP contribution in [0.4, 0.5) is 10.1 Å². The lowest BCUT2D eigenvalue weighted by atomic mass is 10.0. The number of rotatable bonds is 4. The van der Waals surface area contributed by atoms with Crippen LogP contribution in [-0.4, -0.2) is 36.8 Å². The highest BCUT2D eigenvalue weighted by molar-refractivity contribution is 5.91. The quantitative estimate of drug-likeness (QED) is 0.878. The summed E-state index contributed by atoms with van der Waals surface area (Å²) in [7, 11) is 0. The fraction of sp³-hybridized carbons (Fsp3) is 0.526. The summed E-state index contributed by atoms with van der Waals surface area (Å²) in [6.07, 6.45) is 4.66. The minimum Gasteiger partial charge on any atom is -0.488 e. The van der Waals surface area contributed by atoms with Gasteiger partial charge in [0.15, 0.2) is 5.76 Å². The van der Waals surface area contributed by atoms with Gasteiger partial charge in [-0.3, -0.25) is 4.79 Å². The van der Waals surface area contributed by atoms with Crippen molar-refractivity contribution in [1.82, 2.24) is 5.32 Å². The predicted octanol–water partition coefficient (Wildman–Crippen LogP) is 2.66. The summed E-state index contributed by atoms with van der Waals surface area (Å²) >= 11 is 0. The molecule has 0 saturated carbocycles. The first kappa shape index (κ1) is 17.7. The Morgan fingerprint density at radius 2 is 2.16 bits per heavy atom. The number of halogens is 1. The van der Waals surface area contributed by atoms with Crippen LogP contribution in [0.3, 0.4) is 0 Å². The number of amides is 1. The molecule has 1 amide bonds. The number of ether oxygens (including phenoxy) is 1. The number of carbonyl (C=O) groups is 1. The molecule has 25 heavy (non-hydrogen) atoms. The monoisotopic (exact) mass is 348 g/mol. The number of piperidine rings is 1. The van der Waals surface area contributed by atoms with Crippen LogP contribution in [0, 0.1) is 5.82 Å². The number of nitrogens with one attached hydrogen (secondary N) is 1. The molecule has 3 rings (SSSR count). The molecule has 2 aliphatic heterocycles. The van der Waals surface area contributed by atoms with Crippen molar-refractivity contribution in [3.8, 4) is 0 Å². The van der Waals surface area contributed by atoms with Gasteiger partial charge in [0.25, 0.3) is 5.91 Å². The third-order valence-corrected chi connectivity index (χ3v) is 4.77. The summed E-state index contributed by atoms with van der Waals surface area (Å²) in [4.78, 5) is 14.5. The van der Waals surface area contributed by atoms with Gasteiger partial charge in [0.1, 0.15) is 5.82 Å². The van der Waals surface area contributed by atoms with E-state index in [-0.39, 0.29) is 23.9 Å². The molecular formula is C19H25FN2O3. The zero-order chi connectivity index (χ0) is 17.8. The molecule has 0 aromatic heterocycles. The number of hydrogen-bond donors (Lipinski definition) is 2. The molecule has 0 aliphatic carbocycles. The van der Waals surface area contributed by atoms with Crippen molar-refractivity contribution in [3.05, 3.63) is 41.4 Å². The predicted molar refractivity (Wildman–Crippen MR) is 93.7 cm³/mol. The lowest BCUT2D eigenvalue weighted by molar-refractivity contribution is -0.121. The van der Waals surface area contributed by atoms with Crippen LogP contribution < -0.4 is 10.2 Å². The second kappa shape index (κ2) is 7.87. The van der Waals surface area contributed by atoms with Crippen LogP contribution in [0.1, 0.15) is 44.2 Å². The van der Waals surface area contributed by atoms with Gasteiger partial charge in [0, 0.05) is 24.3 Å². The average molecular weight is 348 g/mol. The van der Waals surface area contributed by atoms with E-state index in [0.717, 1.165) is 24.1 Å². The maximum atomic E-state index is 13.8. The number of nitrogens with zero attached hydrogens (tertiary/aromatic N) is 1. The first-order valence-corrected chi connectivity index (χ1v) is 8.91. The van der Waals surface area contributed by atoms with E-state index in [1.54, 1.807) is 12.1 Å². The Bertz CT molecular complexity index is 654. The molecule has 0 bridgehead atoms. The molecule has 0 radical (unpaired) electrons. The largest absolute Gasteiger partial charge is 0.488 e. The van der Waals surface area contributed by atoms with Gasteiger partial charge in [-0.2, -0.15) is 0 Å². The molecule has 1 aromatic carbocycles. The summed E-state index contributed by atoms with van der Waals surface area (Å²) in [5, 5.41) is 12.6. The van der Waals surface area contributed by atoms with E-state index in [2.05, 4.69) is 10.2 Å². The molecule has 0 spiro atoms. The molecule has 1 saturated heterocycles. The van der Waals surface area contributed by atoms with Gasteiger partial charge in [0.2, 0.25) is 0 Å². The number of aliphatic hydroxyl groups is 1. The summed E-state index contributed by atoms with van der Waals surface area (Å²) in [6.45, 7) is 3.83. The molecule has 2 N–H and O–H groups in total. The number of anilines is 1. The Morgan fingerprint density at radius 3 is 2.84 bits per heavy atom. The van der Waals surface area contributed by atoms with Crippen molar-refractivity contribution in [3.63, 3.8) is 0 Å². The van der Waals surface area contributed by atoms with Crippen LogP contribution in [0.5, 0.6) is 0 Å². The Labute approximate surface area is 147 Å². The Kier molecular flexibility index (Phi) is 5.58. The van der Waals surface area contributed by atoms with E-state index in [1.165, 1.54) is 12.1 Å². The van der Waals surface area contributed by atoms with Gasteiger partial charge in [0.05, 0.1) is 18.8 Å². The van der Waals surface area contributed by atoms with E-state index in [9.17, 15) is 14.3 Å². The summed E-state index contributed by atoms with van der Waals surface area (Å²) in [6, 6.07) is 4.31. The SMILES string of the molecule is C[C@@H](NC(=O)C1=CCCCO1)c1cc(F)ccc1N1CCC(O)CC1. The van der Waals surface area contributed by atoms with Crippen LogP contribution in [-0.2, 0) is 9.53 Å². The lowest BCUT2D eigenvalue weighted by Gasteiger charge is -2.34. The van der Waals surface area contributed by atoms with Crippen molar-refractivity contribution in [1.29, 1.82) is 0 Å². The van der Waals surface area contributed by atoms with Crippen LogP contribution in [0.25, 0.3) is 0 Å². The minimum atomic E-state index is -0.350. The van der Waals surface area contributed by atoms with Gasteiger partial charge in [-0.25, -0.2) is 4.39 Å². The summed E-state index contributed by atoms with van der Waals surface area (Å²) < 4.78 is 19.2. The molecule has 0 unspecified atom stereocenters. The highest BCUT2D eigenvalue weighted by Gasteiger charge is 2.23. The van der Waals surface area contributed by atoms with E-state index >= 15 is 0 Å². The Morgan fingerprint density at radius 1 is 1.40 bits per heavy atom. The van der Waals surface area contributed by atoms with E-state index in [1.807, 2.05) is 6.92 Å². The molecule has 5 nitrogen and oxygen atoms in total. The molecule has 2 heterocycles. The molecule has 1 fully saturated rings. The Balaban J connectivity index is 1.76. The van der Waals surface area contributed by atoms with E-state index in [0.29, 0.717) is 38.3 Å². The number of benzene rings is 1. The third-order valence-electron chi connectivity index (χ3n) is 4.77. The average Bonchev–Trinajstić information content (AvgIpc) is 2.63.